The van der Waals surface area contributed by atoms with Crippen molar-refractivity contribution in [2.24, 2.45) is 5.73 Å². The van der Waals surface area contributed by atoms with Gasteiger partial charge in [0.1, 0.15) is 0 Å². The molecule has 5 heteroatoms. The molecule has 0 atom stereocenters. The van der Waals surface area contributed by atoms with E-state index in [2.05, 4.69) is 9.97 Å². The second-order valence-electron chi connectivity index (χ2n) is 2.82. The fourth-order valence-electron chi connectivity index (χ4n) is 0.929. The van der Waals surface area contributed by atoms with Crippen LogP contribution in [0.15, 0.2) is 6.07 Å². The van der Waals surface area contributed by atoms with Crippen LogP contribution in [0, 0.1) is 6.92 Å². The van der Waals surface area contributed by atoms with Crippen LogP contribution < -0.4 is 15.2 Å². The Labute approximate surface area is 83.3 Å². The quantitative estimate of drug-likeness (QED) is 0.697. The average molecular weight is 197 g/mol. The second-order valence-corrected chi connectivity index (χ2v) is 2.82. The predicted octanol–water partition coefficient (Wildman–Crippen LogP) is 0.521. The van der Waals surface area contributed by atoms with Crippen LogP contribution in [0.1, 0.15) is 12.1 Å². The van der Waals surface area contributed by atoms with Gasteiger partial charge in [-0.15, -0.1) is 0 Å². The van der Waals surface area contributed by atoms with Crippen LogP contribution in [0.4, 0.5) is 0 Å². The molecule has 5 nitrogen and oxygen atoms in total. The van der Waals surface area contributed by atoms with Crippen molar-refractivity contribution >= 4 is 0 Å². The summed E-state index contributed by atoms with van der Waals surface area (Å²) >= 11 is 0. The molecule has 0 aliphatic carbocycles. The van der Waals surface area contributed by atoms with Gasteiger partial charge in [0.15, 0.2) is 0 Å². The summed E-state index contributed by atoms with van der Waals surface area (Å²) in [6, 6.07) is 2.09. The van der Waals surface area contributed by atoms with E-state index in [-0.39, 0.29) is 0 Å². The summed E-state index contributed by atoms with van der Waals surface area (Å²) in [5, 5.41) is 0. The molecule has 0 saturated heterocycles. The van der Waals surface area contributed by atoms with Crippen LogP contribution >= 0.6 is 0 Å². The average Bonchev–Trinajstić information content (AvgIpc) is 2.17. The first-order chi connectivity index (χ1) is 6.76. The number of ether oxygens (including phenoxy) is 2. The molecular formula is C9H15N3O2. The Morgan fingerprint density at radius 1 is 1.43 bits per heavy atom. The second kappa shape index (κ2) is 5.39. The van der Waals surface area contributed by atoms with Gasteiger partial charge < -0.3 is 15.2 Å². The van der Waals surface area contributed by atoms with Crippen LogP contribution in [-0.4, -0.2) is 30.2 Å². The van der Waals surface area contributed by atoms with E-state index < -0.39 is 0 Å². The first kappa shape index (κ1) is 10.7. The molecule has 0 radical (unpaired) electrons. The van der Waals surface area contributed by atoms with E-state index in [0.29, 0.717) is 25.0 Å². The zero-order chi connectivity index (χ0) is 10.4. The molecule has 0 saturated carbocycles. The number of hydrogen-bond donors (Lipinski definition) is 1. The predicted molar refractivity (Wildman–Crippen MR) is 52.5 cm³/mol. The Morgan fingerprint density at radius 3 is 2.86 bits per heavy atom. The highest BCUT2D eigenvalue weighted by Crippen LogP contribution is 2.12. The number of nitrogens with zero attached hydrogens (tertiary/aromatic N) is 2. The third-order valence-electron chi connectivity index (χ3n) is 1.60. The smallest absolute Gasteiger partial charge is 0.319 e. The highest BCUT2D eigenvalue weighted by atomic mass is 16.5. The van der Waals surface area contributed by atoms with Crippen LogP contribution in [0.3, 0.4) is 0 Å². The fraction of sp³-hybridized carbons (Fsp3) is 0.556. The fourth-order valence-corrected chi connectivity index (χ4v) is 0.929. The molecule has 78 valence electrons. The lowest BCUT2D eigenvalue weighted by Crippen LogP contribution is -2.08. The monoisotopic (exact) mass is 197 g/mol. The third kappa shape index (κ3) is 3.18. The molecule has 1 heterocycles. The van der Waals surface area contributed by atoms with Gasteiger partial charge >= 0.3 is 6.01 Å². The molecule has 0 amide bonds. The van der Waals surface area contributed by atoms with Gasteiger partial charge in [0.2, 0.25) is 5.88 Å². The van der Waals surface area contributed by atoms with E-state index in [1.807, 2.05) is 6.92 Å². The van der Waals surface area contributed by atoms with E-state index in [0.717, 1.165) is 12.1 Å². The van der Waals surface area contributed by atoms with Crippen LogP contribution in [0.5, 0.6) is 11.9 Å². The normalized spacial score (nSPS) is 9.93. The number of aromatic nitrogens is 2. The lowest BCUT2D eigenvalue weighted by molar-refractivity contribution is 0.281. The maximum Gasteiger partial charge on any atom is 0.319 e. The lowest BCUT2D eigenvalue weighted by Gasteiger charge is -2.05. The van der Waals surface area contributed by atoms with E-state index in [4.69, 9.17) is 15.2 Å². The summed E-state index contributed by atoms with van der Waals surface area (Å²) in [6.07, 6.45) is 0.791. The Balaban J connectivity index is 2.62. The number of hydrogen-bond acceptors (Lipinski definition) is 5. The van der Waals surface area contributed by atoms with Gasteiger partial charge in [-0.2, -0.15) is 4.98 Å². The number of rotatable bonds is 5. The molecule has 0 aromatic carbocycles. The Morgan fingerprint density at radius 2 is 2.21 bits per heavy atom. The minimum absolute atomic E-state index is 0.343. The molecule has 1 aromatic rings. The standard InChI is InChI=1S/C9H15N3O2/c1-7-6-8(13-2)12-9(11-7)14-5-3-4-10/h6H,3-5,10H2,1-2H3. The van der Waals surface area contributed by atoms with Gasteiger partial charge in [-0.05, 0) is 19.9 Å². The molecule has 0 fully saturated rings. The summed E-state index contributed by atoms with van der Waals surface area (Å²) in [6.45, 7) is 2.99. The van der Waals surface area contributed by atoms with Crippen molar-refractivity contribution in [2.75, 3.05) is 20.3 Å². The zero-order valence-corrected chi connectivity index (χ0v) is 8.49. The lowest BCUT2D eigenvalue weighted by atomic mass is 10.4. The number of aryl methyl sites for hydroxylation is 1. The molecule has 0 unspecified atom stereocenters. The van der Waals surface area contributed by atoms with Crippen LogP contribution in [0.25, 0.3) is 0 Å². The first-order valence-electron chi connectivity index (χ1n) is 4.49. The molecule has 1 rings (SSSR count). The topological polar surface area (TPSA) is 70.3 Å². The summed E-state index contributed by atoms with van der Waals surface area (Å²) < 4.78 is 10.3. The molecular weight excluding hydrogens is 182 g/mol. The zero-order valence-electron chi connectivity index (χ0n) is 8.49. The first-order valence-corrected chi connectivity index (χ1v) is 4.49. The van der Waals surface area contributed by atoms with Gasteiger partial charge in [0.25, 0.3) is 0 Å². The van der Waals surface area contributed by atoms with E-state index in [9.17, 15) is 0 Å². The maximum absolute atomic E-state index is 5.33. The van der Waals surface area contributed by atoms with E-state index in [1.54, 1.807) is 13.2 Å². The Kier molecular flexibility index (Phi) is 4.12. The highest BCUT2D eigenvalue weighted by molar-refractivity contribution is 5.17. The number of nitrogens with two attached hydrogens (primary N) is 1. The van der Waals surface area contributed by atoms with Gasteiger partial charge in [-0.25, -0.2) is 4.98 Å². The molecule has 0 bridgehead atoms. The molecule has 14 heavy (non-hydrogen) atoms. The van der Waals surface area contributed by atoms with Gasteiger partial charge in [-0.1, -0.05) is 0 Å². The Bertz CT molecular complexity index is 291. The van der Waals surface area contributed by atoms with Crippen molar-refractivity contribution in [3.05, 3.63) is 11.8 Å². The van der Waals surface area contributed by atoms with Crippen molar-refractivity contribution in [1.82, 2.24) is 9.97 Å². The molecule has 0 spiro atoms. The van der Waals surface area contributed by atoms with Crippen LogP contribution in [-0.2, 0) is 0 Å². The molecule has 0 aliphatic rings. The summed E-state index contributed by atoms with van der Waals surface area (Å²) in [5.41, 5.74) is 6.15. The largest absolute Gasteiger partial charge is 0.481 e. The minimum atomic E-state index is 0.343. The van der Waals surface area contributed by atoms with E-state index in [1.165, 1.54) is 0 Å². The van der Waals surface area contributed by atoms with Crippen LogP contribution in [0.2, 0.25) is 0 Å². The summed E-state index contributed by atoms with van der Waals surface area (Å²) in [5.74, 6) is 0.514. The molecule has 1 aromatic heterocycles. The summed E-state index contributed by atoms with van der Waals surface area (Å²) in [4.78, 5) is 8.13. The van der Waals surface area contributed by atoms with Crippen molar-refractivity contribution in [3.8, 4) is 11.9 Å². The van der Waals surface area contributed by atoms with Crippen molar-refractivity contribution in [3.63, 3.8) is 0 Å². The van der Waals surface area contributed by atoms with Crippen molar-refractivity contribution in [2.45, 2.75) is 13.3 Å². The SMILES string of the molecule is COc1cc(C)nc(OCCCN)n1. The minimum Gasteiger partial charge on any atom is -0.481 e. The highest BCUT2D eigenvalue weighted by Gasteiger charge is 2.02. The van der Waals surface area contributed by atoms with Crippen molar-refractivity contribution in [1.29, 1.82) is 0 Å². The van der Waals surface area contributed by atoms with Gasteiger partial charge in [0, 0.05) is 11.8 Å². The van der Waals surface area contributed by atoms with E-state index >= 15 is 0 Å². The summed E-state index contributed by atoms with van der Waals surface area (Å²) in [7, 11) is 1.56. The van der Waals surface area contributed by atoms with Crippen molar-refractivity contribution < 1.29 is 9.47 Å². The van der Waals surface area contributed by atoms with Gasteiger partial charge in [-0.3, -0.25) is 0 Å². The maximum atomic E-state index is 5.33. The Hall–Kier alpha value is -1.36. The number of methoxy groups -OCH3 is 1. The third-order valence-corrected chi connectivity index (χ3v) is 1.60. The molecule has 0 aliphatic heterocycles. The van der Waals surface area contributed by atoms with Gasteiger partial charge in [0.05, 0.1) is 13.7 Å². The molecule has 2 N–H and O–H groups in total.